The van der Waals surface area contributed by atoms with Gasteiger partial charge in [-0.25, -0.2) is 0 Å². The van der Waals surface area contributed by atoms with Crippen LogP contribution in [-0.4, -0.2) is 44.7 Å². The molecule has 1 unspecified atom stereocenters. The molecule has 7 heteroatoms. The van der Waals surface area contributed by atoms with Crippen molar-refractivity contribution in [3.63, 3.8) is 0 Å². The Morgan fingerprint density at radius 2 is 1.92 bits per heavy atom. The molecular weight excluding hydrogens is 375 g/mol. The van der Waals surface area contributed by atoms with Crippen molar-refractivity contribution in [2.75, 3.05) is 33.9 Å². The Morgan fingerprint density at radius 3 is 2.62 bits per heavy atom. The number of amides is 1. The standard InChI is InChI=1S/C19H21ClN2O3.ClH/c1-24-17-9-5-7-14(18(17)25-2)19(23)22-11-10-21-12-16(22)13-6-3-4-8-15(13)20;/h3-9,16,21H,10-12H2,1-2H3;1H. The SMILES string of the molecule is COc1cccc(C(=O)N2CCNCC2c2ccccc2Cl)c1OC.Cl. The van der Waals surface area contributed by atoms with Crippen LogP contribution in [0, 0.1) is 0 Å². The summed E-state index contributed by atoms with van der Waals surface area (Å²) in [5, 5.41) is 4.00. The fourth-order valence-corrected chi connectivity index (χ4v) is 3.44. The molecule has 1 amide bonds. The number of para-hydroxylation sites is 1. The van der Waals surface area contributed by atoms with Crippen LogP contribution in [0.4, 0.5) is 0 Å². The lowest BCUT2D eigenvalue weighted by molar-refractivity contribution is 0.0630. The summed E-state index contributed by atoms with van der Waals surface area (Å²) in [5.74, 6) is 0.895. The van der Waals surface area contributed by atoms with E-state index in [2.05, 4.69) is 5.32 Å². The van der Waals surface area contributed by atoms with Gasteiger partial charge in [0, 0.05) is 24.7 Å². The van der Waals surface area contributed by atoms with Crippen molar-refractivity contribution in [2.24, 2.45) is 0 Å². The summed E-state index contributed by atoms with van der Waals surface area (Å²) in [5.41, 5.74) is 1.42. The van der Waals surface area contributed by atoms with E-state index in [1.54, 1.807) is 25.3 Å². The van der Waals surface area contributed by atoms with E-state index in [0.717, 1.165) is 12.1 Å². The Kier molecular flexibility index (Phi) is 7.14. The van der Waals surface area contributed by atoms with Crippen molar-refractivity contribution in [1.82, 2.24) is 10.2 Å². The van der Waals surface area contributed by atoms with Crippen molar-refractivity contribution in [3.8, 4) is 11.5 Å². The first-order valence-electron chi connectivity index (χ1n) is 8.14. The maximum Gasteiger partial charge on any atom is 0.258 e. The van der Waals surface area contributed by atoms with Crippen LogP contribution in [-0.2, 0) is 0 Å². The van der Waals surface area contributed by atoms with Crippen molar-refractivity contribution in [3.05, 3.63) is 58.6 Å². The average Bonchev–Trinajstić information content (AvgIpc) is 2.67. The molecule has 0 aromatic heterocycles. The Bertz CT molecular complexity index is 770. The number of nitrogens with one attached hydrogen (secondary N) is 1. The molecule has 1 atom stereocenters. The molecule has 1 heterocycles. The summed E-state index contributed by atoms with van der Waals surface area (Å²) in [7, 11) is 3.10. The summed E-state index contributed by atoms with van der Waals surface area (Å²) in [6, 6.07) is 12.8. The lowest BCUT2D eigenvalue weighted by atomic mass is 10.0. The van der Waals surface area contributed by atoms with Crippen molar-refractivity contribution in [2.45, 2.75) is 6.04 Å². The molecular formula is C19H22Cl2N2O3. The highest BCUT2D eigenvalue weighted by atomic mass is 35.5. The second kappa shape index (κ2) is 9.12. The quantitative estimate of drug-likeness (QED) is 0.857. The lowest BCUT2D eigenvalue weighted by Crippen LogP contribution is -2.48. The monoisotopic (exact) mass is 396 g/mol. The number of piperazine rings is 1. The van der Waals surface area contributed by atoms with E-state index < -0.39 is 0 Å². The Labute approximate surface area is 164 Å². The number of halogens is 2. The van der Waals surface area contributed by atoms with E-state index in [1.165, 1.54) is 7.11 Å². The number of hydrogen-bond acceptors (Lipinski definition) is 4. The second-order valence-electron chi connectivity index (χ2n) is 5.78. The van der Waals surface area contributed by atoms with Gasteiger partial charge in [-0.2, -0.15) is 0 Å². The molecule has 0 saturated carbocycles. The summed E-state index contributed by atoms with van der Waals surface area (Å²) < 4.78 is 10.7. The van der Waals surface area contributed by atoms with Crippen molar-refractivity contribution < 1.29 is 14.3 Å². The molecule has 1 N–H and O–H groups in total. The van der Waals surface area contributed by atoms with E-state index in [-0.39, 0.29) is 24.4 Å². The summed E-state index contributed by atoms with van der Waals surface area (Å²) >= 11 is 6.37. The van der Waals surface area contributed by atoms with Crippen LogP contribution >= 0.6 is 24.0 Å². The molecule has 0 radical (unpaired) electrons. The number of benzene rings is 2. The highest BCUT2D eigenvalue weighted by molar-refractivity contribution is 6.31. The number of nitrogens with zero attached hydrogens (tertiary/aromatic N) is 1. The van der Waals surface area contributed by atoms with Crippen LogP contribution in [0.3, 0.4) is 0 Å². The second-order valence-corrected chi connectivity index (χ2v) is 6.19. The van der Waals surface area contributed by atoms with E-state index in [0.29, 0.717) is 35.2 Å². The zero-order chi connectivity index (χ0) is 17.8. The Hall–Kier alpha value is -1.95. The minimum Gasteiger partial charge on any atom is -0.493 e. The first-order valence-corrected chi connectivity index (χ1v) is 8.52. The fraction of sp³-hybridized carbons (Fsp3) is 0.316. The lowest BCUT2D eigenvalue weighted by Gasteiger charge is -2.37. The topological polar surface area (TPSA) is 50.8 Å². The van der Waals surface area contributed by atoms with Gasteiger partial charge in [-0.05, 0) is 23.8 Å². The number of rotatable bonds is 4. The average molecular weight is 397 g/mol. The summed E-state index contributed by atoms with van der Waals surface area (Å²) in [6.45, 7) is 1.98. The number of methoxy groups -OCH3 is 2. The molecule has 3 rings (SSSR count). The van der Waals surface area contributed by atoms with Gasteiger partial charge in [0.15, 0.2) is 11.5 Å². The molecule has 0 bridgehead atoms. The van der Waals surface area contributed by atoms with Gasteiger partial charge in [0.1, 0.15) is 0 Å². The predicted octanol–water partition coefficient (Wildman–Crippen LogP) is 3.57. The molecule has 1 aliphatic rings. The van der Waals surface area contributed by atoms with Gasteiger partial charge in [-0.3, -0.25) is 4.79 Å². The minimum atomic E-state index is -0.133. The summed E-state index contributed by atoms with van der Waals surface area (Å²) in [4.78, 5) is 15.1. The highest BCUT2D eigenvalue weighted by Gasteiger charge is 2.31. The van der Waals surface area contributed by atoms with Crippen LogP contribution in [0.15, 0.2) is 42.5 Å². The van der Waals surface area contributed by atoms with Gasteiger partial charge in [0.2, 0.25) is 0 Å². The first kappa shape index (κ1) is 20.4. The zero-order valence-corrected chi connectivity index (χ0v) is 16.3. The third kappa shape index (κ3) is 3.90. The maximum atomic E-state index is 13.3. The molecule has 1 saturated heterocycles. The van der Waals surface area contributed by atoms with Crippen LogP contribution in [0.1, 0.15) is 22.0 Å². The van der Waals surface area contributed by atoms with E-state index >= 15 is 0 Å². The van der Waals surface area contributed by atoms with E-state index in [4.69, 9.17) is 21.1 Å². The third-order valence-electron chi connectivity index (χ3n) is 4.40. The van der Waals surface area contributed by atoms with Gasteiger partial charge in [0.05, 0.1) is 25.8 Å². The molecule has 140 valence electrons. The molecule has 0 aliphatic carbocycles. The van der Waals surface area contributed by atoms with Gasteiger partial charge in [0.25, 0.3) is 5.91 Å². The maximum absolute atomic E-state index is 13.3. The zero-order valence-electron chi connectivity index (χ0n) is 14.7. The van der Waals surface area contributed by atoms with Gasteiger partial charge >= 0.3 is 0 Å². The highest BCUT2D eigenvalue weighted by Crippen LogP contribution is 2.35. The third-order valence-corrected chi connectivity index (χ3v) is 4.75. The smallest absolute Gasteiger partial charge is 0.258 e. The summed E-state index contributed by atoms with van der Waals surface area (Å²) in [6.07, 6.45) is 0. The van der Waals surface area contributed by atoms with Gasteiger partial charge in [-0.15, -0.1) is 12.4 Å². The largest absolute Gasteiger partial charge is 0.493 e. The fourth-order valence-electron chi connectivity index (χ4n) is 3.18. The molecule has 0 spiro atoms. The van der Waals surface area contributed by atoms with Crippen LogP contribution in [0.2, 0.25) is 5.02 Å². The van der Waals surface area contributed by atoms with Gasteiger partial charge in [-0.1, -0.05) is 35.9 Å². The molecule has 1 fully saturated rings. The molecule has 1 aliphatic heterocycles. The van der Waals surface area contributed by atoms with Crippen LogP contribution in [0.5, 0.6) is 11.5 Å². The minimum absolute atomic E-state index is 0. The number of carbonyl (C=O) groups excluding carboxylic acids is 1. The van der Waals surface area contributed by atoms with E-state index in [1.807, 2.05) is 29.2 Å². The Morgan fingerprint density at radius 1 is 1.15 bits per heavy atom. The van der Waals surface area contributed by atoms with Gasteiger partial charge < -0.3 is 19.7 Å². The molecule has 5 nitrogen and oxygen atoms in total. The Balaban J connectivity index is 0.00000243. The van der Waals surface area contributed by atoms with Crippen molar-refractivity contribution in [1.29, 1.82) is 0 Å². The van der Waals surface area contributed by atoms with Crippen LogP contribution < -0.4 is 14.8 Å². The molecule has 26 heavy (non-hydrogen) atoms. The number of hydrogen-bond donors (Lipinski definition) is 1. The number of ether oxygens (including phenoxy) is 2. The normalized spacial score (nSPS) is 16.6. The molecule has 2 aromatic rings. The van der Waals surface area contributed by atoms with Crippen molar-refractivity contribution >= 4 is 29.9 Å². The van der Waals surface area contributed by atoms with Crippen LogP contribution in [0.25, 0.3) is 0 Å². The number of carbonyl (C=O) groups is 1. The predicted molar refractivity (Wildman–Crippen MR) is 105 cm³/mol. The first-order chi connectivity index (χ1) is 12.2. The molecule has 2 aromatic carbocycles. The van der Waals surface area contributed by atoms with E-state index in [9.17, 15) is 4.79 Å².